The lowest BCUT2D eigenvalue weighted by atomic mass is 9.83. The van der Waals surface area contributed by atoms with E-state index in [1.165, 1.54) is 5.69 Å². The minimum absolute atomic E-state index is 0.306. The van der Waals surface area contributed by atoms with Crippen LogP contribution >= 0.6 is 0 Å². The average molecular weight is 438 g/mol. The number of benzene rings is 2. The summed E-state index contributed by atoms with van der Waals surface area (Å²) in [6.45, 7) is 2.93. The van der Waals surface area contributed by atoms with Crippen molar-refractivity contribution in [2.45, 2.75) is 36.6 Å². The van der Waals surface area contributed by atoms with Gasteiger partial charge >= 0.3 is 0 Å². The van der Waals surface area contributed by atoms with Gasteiger partial charge in [0.25, 0.3) is 0 Å². The first-order chi connectivity index (χ1) is 15.0. The zero-order valence-corrected chi connectivity index (χ0v) is 18.7. The van der Waals surface area contributed by atoms with Crippen LogP contribution in [0.4, 0.5) is 5.69 Å². The first kappa shape index (κ1) is 20.2. The Balaban J connectivity index is 1.46. The molecule has 0 bridgehead atoms. The zero-order chi connectivity index (χ0) is 21.6. The molecule has 1 spiro atoms. The van der Waals surface area contributed by atoms with Crippen LogP contribution in [0.5, 0.6) is 5.75 Å². The normalized spacial score (nSPS) is 17.6. The van der Waals surface area contributed by atoms with E-state index in [4.69, 9.17) is 4.74 Å². The van der Waals surface area contributed by atoms with Gasteiger partial charge in [-0.1, -0.05) is 25.1 Å². The molecule has 0 unspecified atom stereocenters. The Hall–Kier alpha value is -2.77. The van der Waals surface area contributed by atoms with E-state index >= 15 is 0 Å². The minimum Gasteiger partial charge on any atom is -0.497 e. The highest BCUT2D eigenvalue weighted by molar-refractivity contribution is 7.89. The molecule has 5 rings (SSSR count). The highest BCUT2D eigenvalue weighted by atomic mass is 32.2. The first-order valence-corrected chi connectivity index (χ1v) is 12.1. The Bertz CT molecular complexity index is 1220. The number of nitrogens with one attached hydrogen (secondary N) is 1. The summed E-state index contributed by atoms with van der Waals surface area (Å²) in [6, 6.07) is 17.5. The highest BCUT2D eigenvalue weighted by Gasteiger charge is 2.44. The molecule has 2 aromatic carbocycles. The summed E-state index contributed by atoms with van der Waals surface area (Å²) < 4.78 is 36.1. The van der Waals surface area contributed by atoms with Crippen molar-refractivity contribution in [3.63, 3.8) is 0 Å². The van der Waals surface area contributed by atoms with Crippen molar-refractivity contribution >= 4 is 15.7 Å². The number of rotatable bonds is 4. The average Bonchev–Trinajstić information content (AvgIpc) is 3.30. The second kappa shape index (κ2) is 7.43. The molecule has 2 aliphatic rings. The maximum atomic E-state index is 13.4. The van der Waals surface area contributed by atoms with Crippen LogP contribution in [0.15, 0.2) is 65.7 Å². The van der Waals surface area contributed by atoms with Gasteiger partial charge in [0.2, 0.25) is 10.0 Å². The lowest BCUT2D eigenvalue weighted by molar-refractivity contribution is 0.247. The zero-order valence-electron chi connectivity index (χ0n) is 17.8. The van der Waals surface area contributed by atoms with Crippen LogP contribution < -0.4 is 10.1 Å². The van der Waals surface area contributed by atoms with Gasteiger partial charge in [-0.3, -0.25) is 0 Å². The molecule has 3 aromatic rings. The Labute approximate surface area is 183 Å². The SMILES string of the molecule is CCc1ccccc1S(=O)(=O)N1CCC2(CC1)Nc1cc(OC)ccc1-n1cccc12. The van der Waals surface area contributed by atoms with E-state index in [-0.39, 0.29) is 5.54 Å². The van der Waals surface area contributed by atoms with E-state index in [9.17, 15) is 8.42 Å². The molecular formula is C24H27N3O3S. The smallest absolute Gasteiger partial charge is 0.243 e. The standard InChI is InChI=1S/C24H27N3O3S/c1-3-18-7-4-5-8-22(18)31(28,29)26-15-12-24(13-16-26)23-9-6-14-27(23)21-11-10-19(30-2)17-20(21)25-24/h4-11,14,17,25H,3,12-13,15-16H2,1-2H3. The van der Waals surface area contributed by atoms with Crippen molar-refractivity contribution in [3.05, 3.63) is 72.1 Å². The number of hydrogen-bond acceptors (Lipinski definition) is 4. The molecule has 0 saturated carbocycles. The Morgan fingerprint density at radius 3 is 2.58 bits per heavy atom. The van der Waals surface area contributed by atoms with Crippen LogP contribution in [0.25, 0.3) is 5.69 Å². The highest BCUT2D eigenvalue weighted by Crippen LogP contribution is 2.45. The van der Waals surface area contributed by atoms with E-state index in [0.29, 0.717) is 37.2 Å². The third-order valence-corrected chi connectivity index (χ3v) is 8.62. The molecule has 1 fully saturated rings. The fourth-order valence-corrected chi connectivity index (χ4v) is 6.67. The van der Waals surface area contributed by atoms with Gasteiger partial charge in [-0.15, -0.1) is 0 Å². The molecule has 162 valence electrons. The summed E-state index contributed by atoms with van der Waals surface area (Å²) in [7, 11) is -1.85. The molecule has 31 heavy (non-hydrogen) atoms. The molecule has 0 atom stereocenters. The monoisotopic (exact) mass is 437 g/mol. The van der Waals surface area contributed by atoms with Crippen molar-refractivity contribution in [1.82, 2.24) is 8.87 Å². The summed E-state index contributed by atoms with van der Waals surface area (Å²) in [5, 5.41) is 3.74. The molecule has 0 aliphatic carbocycles. The van der Waals surface area contributed by atoms with Crippen molar-refractivity contribution < 1.29 is 13.2 Å². The number of methoxy groups -OCH3 is 1. The molecule has 1 N–H and O–H groups in total. The summed E-state index contributed by atoms with van der Waals surface area (Å²) in [4.78, 5) is 0.434. The molecular weight excluding hydrogens is 410 g/mol. The third-order valence-electron chi connectivity index (χ3n) is 6.62. The largest absolute Gasteiger partial charge is 0.497 e. The van der Waals surface area contributed by atoms with E-state index in [2.05, 4.69) is 34.3 Å². The van der Waals surface area contributed by atoms with E-state index in [0.717, 1.165) is 22.7 Å². The number of nitrogens with zero attached hydrogens (tertiary/aromatic N) is 2. The van der Waals surface area contributed by atoms with Gasteiger partial charge in [0.05, 0.1) is 28.9 Å². The fraction of sp³-hybridized carbons (Fsp3) is 0.333. The number of aromatic nitrogens is 1. The van der Waals surface area contributed by atoms with Gasteiger partial charge in [0, 0.05) is 31.0 Å². The van der Waals surface area contributed by atoms with E-state index < -0.39 is 10.0 Å². The molecule has 0 radical (unpaired) electrons. The van der Waals surface area contributed by atoms with Crippen LogP contribution in [0.1, 0.15) is 31.0 Å². The molecule has 3 heterocycles. The lowest BCUT2D eigenvalue weighted by Gasteiger charge is -2.46. The van der Waals surface area contributed by atoms with Crippen molar-refractivity contribution in [2.24, 2.45) is 0 Å². The summed E-state index contributed by atoms with van der Waals surface area (Å²) in [5.74, 6) is 0.799. The third kappa shape index (κ3) is 3.15. The Morgan fingerprint density at radius 2 is 1.84 bits per heavy atom. The maximum Gasteiger partial charge on any atom is 0.243 e. The topological polar surface area (TPSA) is 63.6 Å². The predicted molar refractivity (Wildman–Crippen MR) is 121 cm³/mol. The first-order valence-electron chi connectivity index (χ1n) is 10.7. The van der Waals surface area contributed by atoms with Crippen LogP contribution in [0.2, 0.25) is 0 Å². The lowest BCUT2D eigenvalue weighted by Crippen LogP contribution is -2.51. The molecule has 7 heteroatoms. The molecule has 0 amide bonds. The van der Waals surface area contributed by atoms with Crippen LogP contribution in [0, 0.1) is 0 Å². The predicted octanol–water partition coefficient (Wildman–Crippen LogP) is 4.15. The number of hydrogen-bond donors (Lipinski definition) is 1. The number of fused-ring (bicyclic) bond motifs is 4. The van der Waals surface area contributed by atoms with Gasteiger partial charge in [-0.2, -0.15) is 4.31 Å². The van der Waals surface area contributed by atoms with Gasteiger partial charge in [0.15, 0.2) is 0 Å². The van der Waals surface area contributed by atoms with Gasteiger partial charge in [-0.25, -0.2) is 8.42 Å². The summed E-state index contributed by atoms with van der Waals surface area (Å²) >= 11 is 0. The number of piperidine rings is 1. The van der Waals surface area contributed by atoms with Gasteiger partial charge in [0.1, 0.15) is 5.75 Å². The van der Waals surface area contributed by atoms with Crippen LogP contribution in [-0.2, 0) is 22.0 Å². The number of ether oxygens (including phenoxy) is 1. The second-order valence-electron chi connectivity index (χ2n) is 8.22. The maximum absolute atomic E-state index is 13.4. The van der Waals surface area contributed by atoms with Crippen molar-refractivity contribution in [3.8, 4) is 11.4 Å². The van der Waals surface area contributed by atoms with Gasteiger partial charge in [-0.05, 0) is 55.2 Å². The number of anilines is 1. The Kier molecular flexibility index (Phi) is 4.83. The second-order valence-corrected chi connectivity index (χ2v) is 10.1. The fourth-order valence-electron chi connectivity index (χ4n) is 4.93. The van der Waals surface area contributed by atoms with E-state index in [1.54, 1.807) is 23.5 Å². The molecule has 1 aromatic heterocycles. The minimum atomic E-state index is -3.52. The molecule has 1 saturated heterocycles. The quantitative estimate of drug-likeness (QED) is 0.666. The van der Waals surface area contributed by atoms with Crippen molar-refractivity contribution in [1.29, 1.82) is 0 Å². The molecule has 6 nitrogen and oxygen atoms in total. The van der Waals surface area contributed by atoms with Crippen LogP contribution in [-0.4, -0.2) is 37.5 Å². The number of aryl methyl sites for hydroxylation is 1. The Morgan fingerprint density at radius 1 is 1.06 bits per heavy atom. The molecule has 2 aliphatic heterocycles. The summed E-state index contributed by atoms with van der Waals surface area (Å²) in [6.07, 6.45) is 4.16. The van der Waals surface area contributed by atoms with E-state index in [1.807, 2.05) is 31.2 Å². The number of sulfonamides is 1. The van der Waals surface area contributed by atoms with Gasteiger partial charge < -0.3 is 14.6 Å². The van der Waals surface area contributed by atoms with Crippen LogP contribution in [0.3, 0.4) is 0 Å². The van der Waals surface area contributed by atoms with Crippen molar-refractivity contribution in [2.75, 3.05) is 25.5 Å². The summed E-state index contributed by atoms with van der Waals surface area (Å²) in [5.41, 5.74) is 3.83.